The summed E-state index contributed by atoms with van der Waals surface area (Å²) >= 11 is 1.71. The largest absolute Gasteiger partial charge is 0.149 e. The fraction of sp³-hybridized carbons (Fsp3) is 0.158. The first-order chi connectivity index (χ1) is 10.7. The van der Waals surface area contributed by atoms with E-state index in [1.807, 2.05) is 6.07 Å². The Morgan fingerprint density at radius 1 is 0.864 bits per heavy atom. The maximum atomic E-state index is 4.38. The van der Waals surface area contributed by atoms with Crippen LogP contribution in [0.5, 0.6) is 0 Å². The van der Waals surface area contributed by atoms with Crippen LogP contribution in [0.15, 0.2) is 65.7 Å². The predicted octanol–water partition coefficient (Wildman–Crippen LogP) is 5.05. The van der Waals surface area contributed by atoms with Crippen LogP contribution in [-0.4, -0.2) is 10.2 Å². The van der Waals surface area contributed by atoms with Gasteiger partial charge >= 0.3 is 0 Å². The molecule has 0 aliphatic carbocycles. The highest BCUT2D eigenvalue weighted by Crippen LogP contribution is 2.25. The monoisotopic (exact) mass is 306 g/mol. The van der Waals surface area contributed by atoms with Gasteiger partial charge in [0.05, 0.1) is 5.69 Å². The van der Waals surface area contributed by atoms with Crippen molar-refractivity contribution in [2.45, 2.75) is 24.6 Å². The number of aromatic nitrogens is 2. The summed E-state index contributed by atoms with van der Waals surface area (Å²) in [5, 5.41) is 9.68. The number of benzene rings is 2. The van der Waals surface area contributed by atoms with Crippen molar-refractivity contribution < 1.29 is 0 Å². The molecule has 0 N–H and O–H groups in total. The Morgan fingerprint density at radius 2 is 1.68 bits per heavy atom. The van der Waals surface area contributed by atoms with Gasteiger partial charge in [-0.15, -0.1) is 10.2 Å². The molecule has 0 spiro atoms. The number of hydrogen-bond acceptors (Lipinski definition) is 3. The first kappa shape index (κ1) is 14.8. The topological polar surface area (TPSA) is 25.8 Å². The summed E-state index contributed by atoms with van der Waals surface area (Å²) < 4.78 is 0. The van der Waals surface area contributed by atoms with Gasteiger partial charge in [0.15, 0.2) is 0 Å². The number of aryl methyl sites for hydroxylation is 2. The summed E-state index contributed by atoms with van der Waals surface area (Å²) in [6.07, 6.45) is 0. The van der Waals surface area contributed by atoms with Crippen molar-refractivity contribution in [1.82, 2.24) is 10.2 Å². The third kappa shape index (κ3) is 3.55. The molecular formula is C19H18N2S. The molecule has 2 aromatic carbocycles. The summed E-state index contributed by atoms with van der Waals surface area (Å²) in [6.45, 7) is 4.22. The van der Waals surface area contributed by atoms with Crippen LogP contribution in [-0.2, 0) is 5.75 Å². The van der Waals surface area contributed by atoms with E-state index in [-0.39, 0.29) is 0 Å². The van der Waals surface area contributed by atoms with Crippen molar-refractivity contribution in [3.05, 3.63) is 77.4 Å². The maximum absolute atomic E-state index is 4.38. The Hall–Kier alpha value is -2.13. The lowest BCUT2D eigenvalue weighted by Crippen LogP contribution is -1.92. The summed E-state index contributed by atoms with van der Waals surface area (Å²) in [6, 6.07) is 20.9. The zero-order chi connectivity index (χ0) is 15.4. The zero-order valence-electron chi connectivity index (χ0n) is 12.8. The maximum Gasteiger partial charge on any atom is 0.119 e. The minimum atomic E-state index is 0.915. The molecule has 0 saturated carbocycles. The lowest BCUT2D eigenvalue weighted by Gasteiger charge is -2.06. The van der Waals surface area contributed by atoms with Crippen molar-refractivity contribution in [2.24, 2.45) is 0 Å². The van der Waals surface area contributed by atoms with Gasteiger partial charge in [-0.25, -0.2) is 0 Å². The molecule has 0 bridgehead atoms. The van der Waals surface area contributed by atoms with Gasteiger partial charge in [0, 0.05) is 11.3 Å². The van der Waals surface area contributed by atoms with Crippen LogP contribution >= 0.6 is 11.8 Å². The quantitative estimate of drug-likeness (QED) is 0.631. The first-order valence-electron chi connectivity index (χ1n) is 7.30. The average molecular weight is 306 g/mol. The zero-order valence-corrected chi connectivity index (χ0v) is 13.6. The van der Waals surface area contributed by atoms with Crippen molar-refractivity contribution in [3.8, 4) is 11.3 Å². The van der Waals surface area contributed by atoms with Gasteiger partial charge in [0.1, 0.15) is 5.03 Å². The lowest BCUT2D eigenvalue weighted by molar-refractivity contribution is 0.934. The molecule has 3 heteroatoms. The van der Waals surface area contributed by atoms with E-state index in [2.05, 4.69) is 78.6 Å². The van der Waals surface area contributed by atoms with Crippen LogP contribution < -0.4 is 0 Å². The van der Waals surface area contributed by atoms with Crippen LogP contribution in [0.1, 0.15) is 16.7 Å². The number of nitrogens with zero attached hydrogens (tertiary/aromatic N) is 2. The molecular weight excluding hydrogens is 288 g/mol. The van der Waals surface area contributed by atoms with Crippen LogP contribution in [0.3, 0.4) is 0 Å². The van der Waals surface area contributed by atoms with Crippen LogP contribution in [0.25, 0.3) is 11.3 Å². The van der Waals surface area contributed by atoms with E-state index in [4.69, 9.17) is 0 Å². The van der Waals surface area contributed by atoms with Gasteiger partial charge in [-0.2, -0.15) is 0 Å². The van der Waals surface area contributed by atoms with Crippen molar-refractivity contribution in [3.63, 3.8) is 0 Å². The van der Waals surface area contributed by atoms with Crippen LogP contribution in [0.4, 0.5) is 0 Å². The smallest absolute Gasteiger partial charge is 0.119 e. The van der Waals surface area contributed by atoms with Crippen molar-refractivity contribution >= 4 is 11.8 Å². The normalized spacial score (nSPS) is 10.6. The SMILES string of the molecule is Cc1ccc(-c2ccc(SCc3ccccc3)nn2)c(C)c1. The molecule has 0 aliphatic rings. The summed E-state index contributed by atoms with van der Waals surface area (Å²) in [5.41, 5.74) is 5.88. The molecule has 22 heavy (non-hydrogen) atoms. The molecule has 1 aromatic heterocycles. The number of hydrogen-bond donors (Lipinski definition) is 0. The van der Waals surface area contributed by atoms with Gasteiger partial charge in [0.25, 0.3) is 0 Å². The van der Waals surface area contributed by atoms with Gasteiger partial charge in [0.2, 0.25) is 0 Å². The van der Waals surface area contributed by atoms with E-state index < -0.39 is 0 Å². The number of rotatable bonds is 4. The first-order valence-corrected chi connectivity index (χ1v) is 8.29. The highest BCUT2D eigenvalue weighted by Gasteiger charge is 2.05. The molecule has 2 nitrogen and oxygen atoms in total. The Bertz CT molecular complexity index is 752. The Balaban J connectivity index is 1.72. The molecule has 0 radical (unpaired) electrons. The van der Waals surface area contributed by atoms with E-state index >= 15 is 0 Å². The minimum absolute atomic E-state index is 0.915. The molecule has 3 aromatic rings. The molecule has 1 heterocycles. The second-order valence-corrected chi connectivity index (χ2v) is 6.35. The third-order valence-electron chi connectivity index (χ3n) is 3.53. The summed E-state index contributed by atoms with van der Waals surface area (Å²) in [5.74, 6) is 0.915. The molecule has 0 saturated heterocycles. The van der Waals surface area contributed by atoms with Crippen LogP contribution in [0, 0.1) is 13.8 Å². The molecule has 110 valence electrons. The second-order valence-electron chi connectivity index (χ2n) is 5.35. The van der Waals surface area contributed by atoms with E-state index in [1.54, 1.807) is 11.8 Å². The molecule has 0 unspecified atom stereocenters. The average Bonchev–Trinajstić information content (AvgIpc) is 2.55. The van der Waals surface area contributed by atoms with Gasteiger partial charge < -0.3 is 0 Å². The fourth-order valence-electron chi connectivity index (χ4n) is 2.37. The van der Waals surface area contributed by atoms with Crippen molar-refractivity contribution in [1.29, 1.82) is 0 Å². The predicted molar refractivity (Wildman–Crippen MR) is 92.9 cm³/mol. The van der Waals surface area contributed by atoms with E-state index in [0.717, 1.165) is 22.0 Å². The lowest BCUT2D eigenvalue weighted by atomic mass is 10.0. The van der Waals surface area contributed by atoms with Gasteiger partial charge in [-0.05, 0) is 37.1 Å². The van der Waals surface area contributed by atoms with Crippen molar-refractivity contribution in [2.75, 3.05) is 0 Å². The molecule has 0 amide bonds. The fourth-order valence-corrected chi connectivity index (χ4v) is 3.14. The second kappa shape index (κ2) is 6.75. The Labute approximate surface area is 135 Å². The van der Waals surface area contributed by atoms with Crippen LogP contribution in [0.2, 0.25) is 0 Å². The van der Waals surface area contributed by atoms with Gasteiger partial charge in [-0.1, -0.05) is 65.9 Å². The number of thioether (sulfide) groups is 1. The third-order valence-corrected chi connectivity index (χ3v) is 4.52. The summed E-state index contributed by atoms with van der Waals surface area (Å²) in [7, 11) is 0. The molecule has 0 atom stereocenters. The van der Waals surface area contributed by atoms with E-state index in [0.29, 0.717) is 0 Å². The molecule has 0 aliphatic heterocycles. The Morgan fingerprint density at radius 3 is 2.36 bits per heavy atom. The van der Waals surface area contributed by atoms with E-state index in [1.165, 1.54) is 16.7 Å². The highest BCUT2D eigenvalue weighted by atomic mass is 32.2. The van der Waals surface area contributed by atoms with Gasteiger partial charge in [-0.3, -0.25) is 0 Å². The molecule has 3 rings (SSSR count). The highest BCUT2D eigenvalue weighted by molar-refractivity contribution is 7.98. The standard InChI is InChI=1S/C19H18N2S/c1-14-8-9-17(15(2)12-14)18-10-11-19(21-20-18)22-13-16-6-4-3-5-7-16/h3-12H,13H2,1-2H3. The molecule has 0 fully saturated rings. The van der Waals surface area contributed by atoms with E-state index in [9.17, 15) is 0 Å². The summed E-state index contributed by atoms with van der Waals surface area (Å²) in [4.78, 5) is 0. The minimum Gasteiger partial charge on any atom is -0.149 e. The Kier molecular flexibility index (Phi) is 4.54.